The minimum absolute atomic E-state index is 0.0969. The summed E-state index contributed by atoms with van der Waals surface area (Å²) < 4.78 is 28.9. The van der Waals surface area contributed by atoms with Gasteiger partial charge in [-0.3, -0.25) is 14.3 Å². The lowest BCUT2D eigenvalue weighted by molar-refractivity contribution is -0.0149. The summed E-state index contributed by atoms with van der Waals surface area (Å²) in [5, 5.41) is 8.37. The molecule has 2 aliphatic carbocycles. The Morgan fingerprint density at radius 2 is 2.14 bits per heavy atom. The lowest BCUT2D eigenvalue weighted by Gasteiger charge is -2.26. The molecule has 3 heterocycles. The first-order chi connectivity index (χ1) is 16.7. The molecule has 0 unspecified atom stereocenters. The maximum Gasteiger partial charge on any atom is 0.274 e. The molecule has 1 N–H and O–H groups in total. The maximum atomic E-state index is 13.5. The van der Waals surface area contributed by atoms with Crippen LogP contribution >= 0.6 is 0 Å². The van der Waals surface area contributed by atoms with E-state index < -0.39 is 23.7 Å². The number of hydrogen-bond donors (Lipinski definition) is 1. The number of carbonyl (C=O) groups excluding carboxylic acids is 1. The summed E-state index contributed by atoms with van der Waals surface area (Å²) in [6.45, 7) is 6.55. The number of anilines is 1. The zero-order valence-corrected chi connectivity index (χ0v) is 20.1. The Morgan fingerprint density at radius 1 is 1.34 bits per heavy atom. The minimum atomic E-state index is -1.02. The smallest absolute Gasteiger partial charge is 0.274 e. The van der Waals surface area contributed by atoms with Gasteiger partial charge in [-0.15, -0.1) is 0 Å². The second kappa shape index (κ2) is 7.65. The third-order valence-electron chi connectivity index (χ3n) is 7.47. The van der Waals surface area contributed by atoms with Crippen molar-refractivity contribution in [3.05, 3.63) is 52.6 Å². The van der Waals surface area contributed by atoms with Gasteiger partial charge in [-0.25, -0.2) is 4.39 Å². The molecule has 8 nitrogen and oxygen atoms in total. The Morgan fingerprint density at radius 3 is 2.77 bits per heavy atom. The first kappa shape index (κ1) is 22.3. The van der Waals surface area contributed by atoms with Crippen molar-refractivity contribution in [1.29, 1.82) is 0 Å². The third kappa shape index (κ3) is 3.73. The van der Waals surface area contributed by atoms with E-state index in [-0.39, 0.29) is 22.9 Å². The van der Waals surface area contributed by atoms with Crippen molar-refractivity contribution in [3.63, 3.8) is 0 Å². The number of nitrogens with one attached hydrogen (secondary N) is 1. The van der Waals surface area contributed by atoms with Crippen molar-refractivity contribution in [2.45, 2.75) is 75.9 Å². The van der Waals surface area contributed by atoms with E-state index in [0.29, 0.717) is 24.3 Å². The van der Waals surface area contributed by atoms with E-state index in [1.165, 1.54) is 10.6 Å². The van der Waals surface area contributed by atoms with Gasteiger partial charge in [-0.05, 0) is 51.8 Å². The SMILES string of the molecule is CC(C)Oc1cc2nn([C@]34CC[C@](C)(C3)OC4)cc2cc1C(=O)Nc1cccn([C@H]2C[C@@H]2F)c1=O. The first-order valence-electron chi connectivity index (χ1n) is 12.2. The molecule has 2 saturated carbocycles. The molecule has 0 spiro atoms. The molecule has 3 aromatic rings. The van der Waals surface area contributed by atoms with Gasteiger partial charge in [0.1, 0.15) is 17.6 Å². The average Bonchev–Trinajstić information content (AvgIpc) is 3.12. The van der Waals surface area contributed by atoms with Crippen LogP contribution in [0.25, 0.3) is 10.9 Å². The summed E-state index contributed by atoms with van der Waals surface area (Å²) in [5.74, 6) is -0.0671. The number of pyridine rings is 1. The number of carbonyl (C=O) groups is 1. The van der Waals surface area contributed by atoms with Gasteiger partial charge < -0.3 is 19.4 Å². The molecule has 3 fully saturated rings. The van der Waals surface area contributed by atoms with E-state index in [9.17, 15) is 14.0 Å². The molecular formula is C26H29FN4O4. The van der Waals surface area contributed by atoms with E-state index in [2.05, 4.69) is 12.2 Å². The van der Waals surface area contributed by atoms with E-state index in [4.69, 9.17) is 14.6 Å². The maximum absolute atomic E-state index is 13.5. The van der Waals surface area contributed by atoms with Gasteiger partial charge in [-0.1, -0.05) is 0 Å². The molecule has 9 heteroatoms. The summed E-state index contributed by atoms with van der Waals surface area (Å²) >= 11 is 0. The van der Waals surface area contributed by atoms with E-state index in [1.54, 1.807) is 24.4 Å². The number of ether oxygens (including phenoxy) is 2. The van der Waals surface area contributed by atoms with Crippen LogP contribution in [0.3, 0.4) is 0 Å². The number of halogens is 1. The molecule has 1 saturated heterocycles. The molecular weight excluding hydrogens is 451 g/mol. The number of amides is 1. The van der Waals surface area contributed by atoms with Gasteiger partial charge in [0.15, 0.2) is 0 Å². The van der Waals surface area contributed by atoms with Crippen LogP contribution in [-0.2, 0) is 10.3 Å². The van der Waals surface area contributed by atoms with Crippen molar-refractivity contribution < 1.29 is 18.7 Å². The molecule has 2 aromatic heterocycles. The summed E-state index contributed by atoms with van der Waals surface area (Å²) in [7, 11) is 0. The van der Waals surface area contributed by atoms with Gasteiger partial charge in [0, 0.05) is 36.7 Å². The summed E-state index contributed by atoms with van der Waals surface area (Å²) in [4.78, 5) is 26.2. The standard InChI is InChI=1S/C26H29FN4O4/c1-15(2)35-22-11-20-16(12-31(29-20)26-7-6-25(3,13-26)34-14-26)9-17(22)23(32)28-19-5-4-8-30(24(19)33)21-10-18(21)27/h4-5,8-9,11-12,15,18,21H,6-7,10,13-14H2,1-3H3,(H,28,32)/t18-,21-,25+,26+/m0/s1. The number of fused-ring (bicyclic) bond motifs is 3. The lowest BCUT2D eigenvalue weighted by Crippen LogP contribution is -2.33. The van der Waals surface area contributed by atoms with Crippen LogP contribution in [0.2, 0.25) is 0 Å². The van der Waals surface area contributed by atoms with Gasteiger partial charge in [0.25, 0.3) is 11.5 Å². The van der Waals surface area contributed by atoms with Gasteiger partial charge in [0.05, 0.1) is 41.0 Å². The van der Waals surface area contributed by atoms with Gasteiger partial charge in [-0.2, -0.15) is 5.10 Å². The molecule has 1 aliphatic heterocycles. The van der Waals surface area contributed by atoms with Crippen molar-refractivity contribution in [2.75, 3.05) is 11.9 Å². The fourth-order valence-corrected chi connectivity index (χ4v) is 5.51. The quantitative estimate of drug-likeness (QED) is 0.572. The number of rotatable bonds is 6. The van der Waals surface area contributed by atoms with E-state index >= 15 is 0 Å². The zero-order valence-electron chi connectivity index (χ0n) is 20.1. The fourth-order valence-electron chi connectivity index (χ4n) is 5.51. The van der Waals surface area contributed by atoms with Crippen molar-refractivity contribution in [1.82, 2.24) is 14.3 Å². The van der Waals surface area contributed by atoms with Crippen LogP contribution < -0.4 is 15.6 Å². The normalized spacial score (nSPS) is 29.2. The summed E-state index contributed by atoms with van der Waals surface area (Å²) in [6.07, 6.45) is 5.56. The van der Waals surface area contributed by atoms with E-state index in [1.807, 2.05) is 24.7 Å². The molecule has 1 aromatic carbocycles. The minimum Gasteiger partial charge on any atom is -0.490 e. The fraction of sp³-hybridized carbons (Fsp3) is 0.500. The predicted octanol–water partition coefficient (Wildman–Crippen LogP) is 4.19. The number of hydrogen-bond acceptors (Lipinski definition) is 5. The predicted molar refractivity (Wildman–Crippen MR) is 129 cm³/mol. The highest BCUT2D eigenvalue weighted by atomic mass is 19.1. The monoisotopic (exact) mass is 480 g/mol. The molecule has 2 bridgehead atoms. The van der Waals surface area contributed by atoms with Crippen LogP contribution in [-0.4, -0.2) is 44.7 Å². The Kier molecular flexibility index (Phi) is 4.87. The largest absolute Gasteiger partial charge is 0.490 e. The van der Waals surface area contributed by atoms with Crippen LogP contribution in [0.15, 0.2) is 41.5 Å². The molecule has 4 atom stereocenters. The number of alkyl halides is 1. The second-order valence-corrected chi connectivity index (χ2v) is 10.7. The summed E-state index contributed by atoms with van der Waals surface area (Å²) in [6, 6.07) is 6.24. The van der Waals surface area contributed by atoms with Crippen LogP contribution in [0.1, 0.15) is 62.9 Å². The lowest BCUT2D eigenvalue weighted by atomic mass is 9.99. The third-order valence-corrected chi connectivity index (χ3v) is 7.47. The molecule has 6 rings (SSSR count). The average molecular weight is 481 g/mol. The topological polar surface area (TPSA) is 87.4 Å². The Hall–Kier alpha value is -3.20. The number of aromatic nitrogens is 3. The zero-order chi connectivity index (χ0) is 24.5. The molecule has 184 valence electrons. The Balaban J connectivity index is 1.35. The molecule has 1 amide bonds. The molecule has 35 heavy (non-hydrogen) atoms. The summed E-state index contributed by atoms with van der Waals surface area (Å²) in [5.41, 5.74) is 0.469. The van der Waals surface area contributed by atoms with Crippen molar-refractivity contribution in [3.8, 4) is 5.75 Å². The highest BCUT2D eigenvalue weighted by Crippen LogP contribution is 2.51. The van der Waals surface area contributed by atoms with Crippen LogP contribution in [0.4, 0.5) is 10.1 Å². The highest BCUT2D eigenvalue weighted by Gasteiger charge is 2.54. The Labute approximate surface area is 202 Å². The Bertz CT molecular complexity index is 1390. The van der Waals surface area contributed by atoms with Gasteiger partial charge in [0.2, 0.25) is 0 Å². The van der Waals surface area contributed by atoms with Gasteiger partial charge >= 0.3 is 0 Å². The van der Waals surface area contributed by atoms with Crippen molar-refractivity contribution in [2.24, 2.45) is 0 Å². The highest BCUT2D eigenvalue weighted by molar-refractivity contribution is 6.08. The molecule has 3 aliphatic rings. The molecule has 0 radical (unpaired) electrons. The second-order valence-electron chi connectivity index (χ2n) is 10.7. The first-order valence-corrected chi connectivity index (χ1v) is 12.2. The van der Waals surface area contributed by atoms with Crippen LogP contribution in [0, 0.1) is 0 Å². The number of benzene rings is 1. The van der Waals surface area contributed by atoms with E-state index in [0.717, 1.165) is 30.2 Å². The number of nitrogens with zero attached hydrogens (tertiary/aromatic N) is 3. The van der Waals surface area contributed by atoms with Crippen molar-refractivity contribution >= 4 is 22.5 Å². The van der Waals surface area contributed by atoms with Crippen LogP contribution in [0.5, 0.6) is 5.75 Å².